The number of imidazole rings is 1. The van der Waals surface area contributed by atoms with Gasteiger partial charge in [-0.05, 0) is 48.9 Å². The first-order valence-electron chi connectivity index (χ1n) is 11.4. The number of nitrogens with one attached hydrogen (secondary N) is 2. The Morgan fingerprint density at radius 2 is 1.82 bits per heavy atom. The highest BCUT2D eigenvalue weighted by Crippen LogP contribution is 2.34. The summed E-state index contributed by atoms with van der Waals surface area (Å²) in [4.78, 5) is 21.3. The van der Waals surface area contributed by atoms with E-state index in [9.17, 15) is 4.79 Å². The number of rotatable bonds is 6. The van der Waals surface area contributed by atoms with Crippen molar-refractivity contribution >= 4 is 38.9 Å². The number of hydroxylamine groups is 1. The number of amides is 1. The summed E-state index contributed by atoms with van der Waals surface area (Å²) in [5, 5.41) is 5.20. The number of methoxy groups -OCH3 is 1. The van der Waals surface area contributed by atoms with Crippen LogP contribution in [0.25, 0.3) is 44.2 Å². The van der Waals surface area contributed by atoms with E-state index in [0.717, 1.165) is 34.5 Å². The molecule has 3 aromatic carbocycles. The summed E-state index contributed by atoms with van der Waals surface area (Å²) in [6.07, 6.45) is -0.892. The second kappa shape index (κ2) is 8.16. The number of carbonyl (C=O) groups excluding carboxylic acids is 1. The lowest BCUT2D eigenvalue weighted by molar-refractivity contribution is 0.122. The molecule has 1 amide bonds. The normalized spacial score (nSPS) is 15.9. The first-order valence-corrected chi connectivity index (χ1v) is 11.4. The molecule has 6 rings (SSSR count). The number of aromatic nitrogens is 3. The molecule has 8 heteroatoms. The van der Waals surface area contributed by atoms with Gasteiger partial charge in [0.25, 0.3) is 0 Å². The Labute approximate surface area is 196 Å². The number of benzene rings is 3. The van der Waals surface area contributed by atoms with Gasteiger partial charge in [-0.2, -0.15) is 0 Å². The van der Waals surface area contributed by atoms with Gasteiger partial charge in [-0.3, -0.25) is 5.32 Å². The lowest BCUT2D eigenvalue weighted by Crippen LogP contribution is -2.22. The minimum absolute atomic E-state index is 0.402. The van der Waals surface area contributed by atoms with Crippen LogP contribution in [0.4, 0.5) is 4.79 Å². The summed E-state index contributed by atoms with van der Waals surface area (Å²) in [6, 6.07) is 21.1. The molecular weight excluding hydrogens is 430 g/mol. The minimum atomic E-state index is -0.490. The van der Waals surface area contributed by atoms with E-state index in [-0.39, 0.29) is 0 Å². The Morgan fingerprint density at radius 3 is 2.62 bits per heavy atom. The Bertz CT molecular complexity index is 1550. The molecule has 2 aromatic heterocycles. The monoisotopic (exact) mass is 455 g/mol. The zero-order chi connectivity index (χ0) is 23.2. The van der Waals surface area contributed by atoms with Gasteiger partial charge >= 0.3 is 6.09 Å². The zero-order valence-electron chi connectivity index (χ0n) is 19.0. The number of aryl methyl sites for hydroxylation is 1. The second-order valence-electron chi connectivity index (χ2n) is 8.41. The first kappa shape index (κ1) is 20.7. The Kier molecular flexibility index (Phi) is 4.97. The summed E-state index contributed by atoms with van der Waals surface area (Å²) in [6.45, 7) is 4.34. The molecule has 172 valence electrons. The van der Waals surface area contributed by atoms with Crippen molar-refractivity contribution in [1.29, 1.82) is 0 Å². The summed E-state index contributed by atoms with van der Waals surface area (Å²) in [5.74, 6) is 0.888. The fourth-order valence-corrected chi connectivity index (χ4v) is 4.93. The fourth-order valence-electron chi connectivity index (χ4n) is 4.93. The van der Waals surface area contributed by atoms with Crippen molar-refractivity contribution in [3.05, 3.63) is 66.2 Å². The highest BCUT2D eigenvalue weighted by Gasteiger charge is 2.24. The largest absolute Gasteiger partial charge is 0.427 e. The van der Waals surface area contributed by atoms with Gasteiger partial charge in [0.2, 0.25) is 0 Å². The second-order valence-corrected chi connectivity index (χ2v) is 8.41. The average molecular weight is 456 g/mol. The van der Waals surface area contributed by atoms with E-state index in [1.54, 1.807) is 7.11 Å². The van der Waals surface area contributed by atoms with Gasteiger partial charge in [-0.15, -0.1) is 5.48 Å². The van der Waals surface area contributed by atoms with Crippen LogP contribution >= 0.6 is 0 Å². The quantitative estimate of drug-likeness (QED) is 0.387. The predicted octanol–water partition coefficient (Wildman–Crippen LogP) is 4.72. The standard InChI is InChI=1S/C26H25N5O3/c1-3-30-21-7-5-4-6-18(21)19-14-17(9-10-22(19)30)25-27-20-15-16(24-28-26(32)34-29-24)8-11-23(20)31(25)12-13-33-2/h4-11,14-15,24,29H,3,12-13H2,1-2H3,(H,28,32). The number of para-hydroxylation sites is 1. The van der Waals surface area contributed by atoms with Crippen LogP contribution in [0.2, 0.25) is 0 Å². The maximum atomic E-state index is 11.4. The number of nitrogens with zero attached hydrogens (tertiary/aromatic N) is 3. The van der Waals surface area contributed by atoms with E-state index >= 15 is 0 Å². The highest BCUT2D eigenvalue weighted by atomic mass is 16.7. The minimum Gasteiger partial charge on any atom is -0.383 e. The SMILES string of the molecule is CCn1c2ccccc2c2cc(-c3nc4cc(C5NOC(=O)N5)ccc4n3CCOC)ccc21. The number of ether oxygens (including phenoxy) is 1. The maximum absolute atomic E-state index is 11.4. The molecule has 1 fully saturated rings. The topological polar surface area (TPSA) is 82.3 Å². The highest BCUT2D eigenvalue weighted by molar-refractivity contribution is 6.09. The molecule has 2 N–H and O–H groups in total. The Hall–Kier alpha value is -3.88. The number of fused-ring (bicyclic) bond motifs is 4. The van der Waals surface area contributed by atoms with Gasteiger partial charge < -0.3 is 18.7 Å². The van der Waals surface area contributed by atoms with Crippen LogP contribution in [0.15, 0.2) is 60.7 Å². The Balaban J connectivity index is 1.52. The number of hydrogen-bond donors (Lipinski definition) is 2. The van der Waals surface area contributed by atoms with E-state index in [1.165, 1.54) is 21.8 Å². The molecule has 1 atom stereocenters. The van der Waals surface area contributed by atoms with E-state index in [2.05, 4.69) is 69.3 Å². The molecule has 5 aromatic rings. The van der Waals surface area contributed by atoms with Crippen LogP contribution < -0.4 is 10.8 Å². The number of hydrogen-bond acceptors (Lipinski definition) is 5. The first-order chi connectivity index (χ1) is 16.7. The van der Waals surface area contributed by atoms with Gasteiger partial charge in [-0.1, -0.05) is 24.3 Å². The van der Waals surface area contributed by atoms with Gasteiger partial charge in [-0.25, -0.2) is 9.78 Å². The van der Waals surface area contributed by atoms with Crippen LogP contribution in [-0.4, -0.2) is 33.9 Å². The molecule has 34 heavy (non-hydrogen) atoms. The van der Waals surface area contributed by atoms with Crippen molar-refractivity contribution in [2.75, 3.05) is 13.7 Å². The van der Waals surface area contributed by atoms with Crippen molar-refractivity contribution in [1.82, 2.24) is 24.9 Å². The fraction of sp³-hybridized carbons (Fsp3) is 0.231. The van der Waals surface area contributed by atoms with Crippen LogP contribution in [0.1, 0.15) is 18.7 Å². The van der Waals surface area contributed by atoms with Crippen molar-refractivity contribution in [2.24, 2.45) is 0 Å². The summed E-state index contributed by atoms with van der Waals surface area (Å²) in [5.41, 5.74) is 8.95. The van der Waals surface area contributed by atoms with Gasteiger partial charge in [0, 0.05) is 47.6 Å². The van der Waals surface area contributed by atoms with Crippen molar-refractivity contribution in [3.8, 4) is 11.4 Å². The lowest BCUT2D eigenvalue weighted by Gasteiger charge is -2.10. The predicted molar refractivity (Wildman–Crippen MR) is 131 cm³/mol. The molecule has 0 radical (unpaired) electrons. The molecule has 0 aliphatic carbocycles. The smallest absolute Gasteiger partial charge is 0.383 e. The average Bonchev–Trinajstić information content (AvgIpc) is 3.55. The van der Waals surface area contributed by atoms with Crippen LogP contribution in [-0.2, 0) is 22.7 Å². The number of carbonyl (C=O) groups is 1. The van der Waals surface area contributed by atoms with Crippen LogP contribution in [0.5, 0.6) is 0 Å². The van der Waals surface area contributed by atoms with E-state index < -0.39 is 12.3 Å². The maximum Gasteiger partial charge on any atom is 0.427 e. The van der Waals surface area contributed by atoms with E-state index in [4.69, 9.17) is 14.6 Å². The van der Waals surface area contributed by atoms with Crippen LogP contribution in [0, 0.1) is 0 Å². The zero-order valence-corrected chi connectivity index (χ0v) is 19.0. The van der Waals surface area contributed by atoms with Gasteiger partial charge in [0.1, 0.15) is 12.0 Å². The molecule has 1 aliphatic heterocycles. The molecule has 8 nitrogen and oxygen atoms in total. The molecular formula is C26H25N5O3. The summed E-state index contributed by atoms with van der Waals surface area (Å²) >= 11 is 0. The molecule has 1 unspecified atom stereocenters. The van der Waals surface area contributed by atoms with Crippen LogP contribution in [0.3, 0.4) is 0 Å². The molecule has 1 saturated heterocycles. The summed E-state index contributed by atoms with van der Waals surface area (Å²) < 4.78 is 9.93. The van der Waals surface area contributed by atoms with Crippen molar-refractivity contribution in [3.63, 3.8) is 0 Å². The molecule has 0 bridgehead atoms. The van der Waals surface area contributed by atoms with E-state index in [0.29, 0.717) is 13.2 Å². The molecule has 3 heterocycles. The van der Waals surface area contributed by atoms with Crippen molar-refractivity contribution in [2.45, 2.75) is 26.2 Å². The molecule has 1 aliphatic rings. The molecule has 0 spiro atoms. The third-order valence-corrected chi connectivity index (χ3v) is 6.50. The van der Waals surface area contributed by atoms with E-state index in [1.807, 2.05) is 18.2 Å². The third kappa shape index (κ3) is 3.22. The van der Waals surface area contributed by atoms with Gasteiger partial charge in [0.05, 0.1) is 17.6 Å². The summed E-state index contributed by atoms with van der Waals surface area (Å²) in [7, 11) is 1.71. The Morgan fingerprint density at radius 1 is 1.00 bits per heavy atom. The van der Waals surface area contributed by atoms with Gasteiger partial charge in [0.15, 0.2) is 0 Å². The third-order valence-electron chi connectivity index (χ3n) is 6.50. The van der Waals surface area contributed by atoms with Crippen molar-refractivity contribution < 1.29 is 14.4 Å². The molecule has 0 saturated carbocycles. The lowest BCUT2D eigenvalue weighted by atomic mass is 10.1.